The average molecular weight is 237 g/mol. The van der Waals surface area contributed by atoms with Crippen molar-refractivity contribution in [2.45, 2.75) is 31.6 Å². The zero-order valence-electron chi connectivity index (χ0n) is 10.2. The van der Waals surface area contributed by atoms with Crippen LogP contribution in [0.25, 0.3) is 0 Å². The second kappa shape index (κ2) is 4.74. The molecule has 0 aliphatic carbocycles. The van der Waals surface area contributed by atoms with Gasteiger partial charge in [-0.25, -0.2) is 0 Å². The Kier molecular flexibility index (Phi) is 3.11. The van der Waals surface area contributed by atoms with Crippen LogP contribution in [-0.2, 0) is 4.74 Å². The first-order valence-electron chi connectivity index (χ1n) is 6.46. The van der Waals surface area contributed by atoms with E-state index >= 15 is 0 Å². The van der Waals surface area contributed by atoms with Gasteiger partial charge in [-0.3, -0.25) is 0 Å². The minimum atomic E-state index is 0.385. The molecule has 0 unspecified atom stereocenters. The summed E-state index contributed by atoms with van der Waals surface area (Å²) in [7, 11) is 0. The first kappa shape index (κ1) is 11.2. The van der Waals surface area contributed by atoms with Crippen LogP contribution in [0.4, 0.5) is 0 Å². The lowest BCUT2D eigenvalue weighted by Gasteiger charge is -2.18. The van der Waals surface area contributed by atoms with E-state index < -0.39 is 0 Å². The molecule has 1 N–H and O–H groups in total. The molecule has 3 heterocycles. The number of nitrogens with zero attached hydrogens (tertiary/aromatic N) is 2. The van der Waals surface area contributed by atoms with Crippen molar-refractivity contribution in [1.82, 2.24) is 15.5 Å². The molecule has 0 amide bonds. The lowest BCUT2D eigenvalue weighted by Crippen LogP contribution is -2.15. The van der Waals surface area contributed by atoms with Gasteiger partial charge in [0.15, 0.2) is 5.82 Å². The van der Waals surface area contributed by atoms with Crippen molar-refractivity contribution in [3.05, 3.63) is 11.7 Å². The fraction of sp³-hybridized carbons (Fsp3) is 0.833. The van der Waals surface area contributed by atoms with Crippen LogP contribution in [0.15, 0.2) is 4.52 Å². The highest BCUT2D eigenvalue weighted by atomic mass is 16.5. The molecule has 2 atom stereocenters. The maximum atomic E-state index is 5.43. The van der Waals surface area contributed by atoms with E-state index in [9.17, 15) is 0 Å². The first-order chi connectivity index (χ1) is 8.34. The second-order valence-corrected chi connectivity index (χ2v) is 5.12. The molecule has 2 fully saturated rings. The van der Waals surface area contributed by atoms with E-state index in [0.717, 1.165) is 50.9 Å². The first-order valence-corrected chi connectivity index (χ1v) is 6.46. The molecule has 94 valence electrons. The van der Waals surface area contributed by atoms with E-state index in [-0.39, 0.29) is 0 Å². The molecule has 3 rings (SSSR count). The second-order valence-electron chi connectivity index (χ2n) is 5.12. The van der Waals surface area contributed by atoms with E-state index in [1.807, 2.05) is 0 Å². The molecule has 2 saturated heterocycles. The quantitative estimate of drug-likeness (QED) is 0.839. The highest BCUT2D eigenvalue weighted by Gasteiger charge is 2.31. The van der Waals surface area contributed by atoms with Crippen molar-refractivity contribution >= 4 is 0 Å². The Hall–Kier alpha value is -0.940. The summed E-state index contributed by atoms with van der Waals surface area (Å²) in [5.41, 5.74) is 0. The predicted molar refractivity (Wildman–Crippen MR) is 61.9 cm³/mol. The third kappa shape index (κ3) is 2.21. The fourth-order valence-corrected chi connectivity index (χ4v) is 2.66. The minimum Gasteiger partial charge on any atom is -0.381 e. The predicted octanol–water partition coefficient (Wildman–Crippen LogP) is 1.29. The normalized spacial score (nSPS) is 30.9. The minimum absolute atomic E-state index is 0.385. The lowest BCUT2D eigenvalue weighted by molar-refractivity contribution is 0.0830. The van der Waals surface area contributed by atoms with Gasteiger partial charge in [0, 0.05) is 25.7 Å². The Labute approximate surface area is 101 Å². The van der Waals surface area contributed by atoms with Crippen LogP contribution < -0.4 is 5.32 Å². The summed E-state index contributed by atoms with van der Waals surface area (Å²) < 4.78 is 10.8. The van der Waals surface area contributed by atoms with E-state index in [4.69, 9.17) is 9.26 Å². The van der Waals surface area contributed by atoms with Crippen LogP contribution in [0.5, 0.6) is 0 Å². The van der Waals surface area contributed by atoms with E-state index in [0.29, 0.717) is 17.8 Å². The van der Waals surface area contributed by atoms with Crippen LogP contribution >= 0.6 is 0 Å². The Morgan fingerprint density at radius 2 is 2.06 bits per heavy atom. The summed E-state index contributed by atoms with van der Waals surface area (Å²) >= 11 is 0. The number of ether oxygens (including phenoxy) is 1. The van der Waals surface area contributed by atoms with Crippen molar-refractivity contribution in [1.29, 1.82) is 0 Å². The number of nitrogens with one attached hydrogen (secondary N) is 1. The maximum Gasteiger partial charge on any atom is 0.231 e. The van der Waals surface area contributed by atoms with Gasteiger partial charge in [-0.15, -0.1) is 0 Å². The molecule has 0 radical (unpaired) electrons. The average Bonchev–Trinajstić information content (AvgIpc) is 2.98. The van der Waals surface area contributed by atoms with E-state index in [1.165, 1.54) is 0 Å². The Bertz CT molecular complexity index is 374. The van der Waals surface area contributed by atoms with Gasteiger partial charge in [0.25, 0.3) is 0 Å². The molecular formula is C12H19N3O2. The Morgan fingerprint density at radius 3 is 2.76 bits per heavy atom. The molecule has 2 aliphatic rings. The SMILES string of the molecule is C[C@@H]1CNC[C@H]1c1nc(C2CCOCC2)no1. The molecule has 2 aliphatic heterocycles. The van der Waals surface area contributed by atoms with Gasteiger partial charge in [0.1, 0.15) is 0 Å². The standard InChI is InChI=1S/C12H19N3O2/c1-8-6-13-7-10(8)12-14-11(15-17-12)9-2-4-16-5-3-9/h8-10,13H,2-7H2,1H3/t8-,10-/m1/s1. The van der Waals surface area contributed by atoms with Gasteiger partial charge in [0.05, 0.1) is 5.92 Å². The smallest absolute Gasteiger partial charge is 0.231 e. The molecule has 5 heteroatoms. The molecule has 0 aromatic carbocycles. The molecular weight excluding hydrogens is 218 g/mol. The van der Waals surface area contributed by atoms with Crippen molar-refractivity contribution in [3.8, 4) is 0 Å². The highest BCUT2D eigenvalue weighted by molar-refractivity contribution is 5.04. The number of hydrogen-bond donors (Lipinski definition) is 1. The van der Waals surface area contributed by atoms with E-state index in [1.54, 1.807) is 0 Å². The Balaban J connectivity index is 1.73. The van der Waals surface area contributed by atoms with E-state index in [2.05, 4.69) is 22.4 Å². The topological polar surface area (TPSA) is 60.2 Å². The van der Waals surface area contributed by atoms with Crippen molar-refractivity contribution in [3.63, 3.8) is 0 Å². The number of hydrogen-bond acceptors (Lipinski definition) is 5. The molecule has 0 spiro atoms. The summed E-state index contributed by atoms with van der Waals surface area (Å²) in [5.74, 6) is 3.08. The van der Waals surface area contributed by atoms with Crippen LogP contribution in [0.3, 0.4) is 0 Å². The summed E-state index contributed by atoms with van der Waals surface area (Å²) in [6.07, 6.45) is 2.02. The zero-order valence-corrected chi connectivity index (χ0v) is 10.2. The number of aromatic nitrogens is 2. The van der Waals surface area contributed by atoms with Crippen molar-refractivity contribution in [2.24, 2.45) is 5.92 Å². The third-order valence-electron chi connectivity index (χ3n) is 3.88. The summed E-state index contributed by atoms with van der Waals surface area (Å²) in [6.45, 7) is 5.85. The molecule has 5 nitrogen and oxygen atoms in total. The summed E-state index contributed by atoms with van der Waals surface area (Å²) in [4.78, 5) is 4.59. The third-order valence-corrected chi connectivity index (χ3v) is 3.88. The molecule has 0 saturated carbocycles. The van der Waals surface area contributed by atoms with Gasteiger partial charge in [-0.05, 0) is 25.3 Å². The van der Waals surface area contributed by atoms with Gasteiger partial charge in [-0.1, -0.05) is 12.1 Å². The van der Waals surface area contributed by atoms with Gasteiger partial charge >= 0.3 is 0 Å². The van der Waals surface area contributed by atoms with Gasteiger partial charge in [0.2, 0.25) is 5.89 Å². The van der Waals surface area contributed by atoms with Crippen LogP contribution in [0.1, 0.15) is 43.3 Å². The summed E-state index contributed by atoms with van der Waals surface area (Å²) in [6, 6.07) is 0. The largest absolute Gasteiger partial charge is 0.381 e. The number of rotatable bonds is 2. The highest BCUT2D eigenvalue weighted by Crippen LogP contribution is 2.29. The molecule has 1 aromatic heterocycles. The monoisotopic (exact) mass is 237 g/mol. The van der Waals surface area contributed by atoms with Crippen molar-refractivity contribution < 1.29 is 9.26 Å². The maximum absolute atomic E-state index is 5.43. The zero-order chi connectivity index (χ0) is 11.7. The Morgan fingerprint density at radius 1 is 1.24 bits per heavy atom. The molecule has 0 bridgehead atoms. The molecule has 17 heavy (non-hydrogen) atoms. The fourth-order valence-electron chi connectivity index (χ4n) is 2.66. The summed E-state index contributed by atoms with van der Waals surface area (Å²) in [5, 5.41) is 7.51. The van der Waals surface area contributed by atoms with Crippen LogP contribution in [-0.4, -0.2) is 36.4 Å². The van der Waals surface area contributed by atoms with Gasteiger partial charge < -0.3 is 14.6 Å². The van der Waals surface area contributed by atoms with Crippen molar-refractivity contribution in [2.75, 3.05) is 26.3 Å². The molecule has 1 aromatic rings. The van der Waals surface area contributed by atoms with Crippen LogP contribution in [0.2, 0.25) is 0 Å². The lowest BCUT2D eigenvalue weighted by atomic mass is 9.97. The van der Waals surface area contributed by atoms with Gasteiger partial charge in [-0.2, -0.15) is 4.98 Å². The van der Waals surface area contributed by atoms with Crippen LogP contribution in [0, 0.1) is 5.92 Å².